The Hall–Kier alpha value is -0.870. The van der Waals surface area contributed by atoms with Gasteiger partial charge in [-0.1, -0.05) is 36.5 Å². The van der Waals surface area contributed by atoms with E-state index in [1.807, 2.05) is 0 Å². The Balaban J connectivity index is 1.98. The topological polar surface area (TPSA) is 54.9 Å². The monoisotopic (exact) mass is 287 g/mol. The third-order valence-corrected chi connectivity index (χ3v) is 3.79. The van der Waals surface area contributed by atoms with Crippen LogP contribution in [0.3, 0.4) is 0 Å². The SMILES string of the molecule is CCCC1(CNC(=O)c2cc(Cl)nnc2Cl)CC1. The van der Waals surface area contributed by atoms with E-state index in [1.54, 1.807) is 0 Å². The fourth-order valence-corrected chi connectivity index (χ4v) is 2.42. The van der Waals surface area contributed by atoms with Gasteiger partial charge in [0.2, 0.25) is 0 Å². The van der Waals surface area contributed by atoms with E-state index >= 15 is 0 Å². The predicted octanol–water partition coefficient (Wildman–Crippen LogP) is 3.09. The molecule has 0 unspecified atom stereocenters. The summed E-state index contributed by atoms with van der Waals surface area (Å²) in [6.07, 6.45) is 4.66. The molecule has 1 saturated carbocycles. The summed E-state index contributed by atoms with van der Waals surface area (Å²) in [5.41, 5.74) is 0.588. The Bertz CT molecular complexity index is 461. The molecular formula is C12H15Cl2N3O. The third-order valence-electron chi connectivity index (χ3n) is 3.33. The number of carbonyl (C=O) groups is 1. The van der Waals surface area contributed by atoms with Gasteiger partial charge in [-0.25, -0.2) is 0 Å². The van der Waals surface area contributed by atoms with Gasteiger partial charge < -0.3 is 5.32 Å². The second-order valence-corrected chi connectivity index (χ2v) is 5.55. The van der Waals surface area contributed by atoms with Gasteiger partial charge in [-0.15, -0.1) is 10.2 Å². The number of carbonyl (C=O) groups excluding carboxylic acids is 1. The molecule has 1 aromatic heterocycles. The van der Waals surface area contributed by atoms with Crippen molar-refractivity contribution in [3.8, 4) is 0 Å². The lowest BCUT2D eigenvalue weighted by atomic mass is 10.0. The molecule has 1 N–H and O–H groups in total. The number of hydrogen-bond acceptors (Lipinski definition) is 3. The van der Waals surface area contributed by atoms with Crippen LogP contribution in [0.2, 0.25) is 10.3 Å². The van der Waals surface area contributed by atoms with E-state index in [-0.39, 0.29) is 21.8 Å². The number of aromatic nitrogens is 2. The summed E-state index contributed by atoms with van der Waals surface area (Å²) in [5, 5.41) is 10.3. The maximum absolute atomic E-state index is 12.0. The summed E-state index contributed by atoms with van der Waals surface area (Å²) >= 11 is 11.5. The fourth-order valence-electron chi connectivity index (χ4n) is 2.10. The zero-order chi connectivity index (χ0) is 13.2. The van der Waals surface area contributed by atoms with Crippen molar-refractivity contribution in [3.05, 3.63) is 21.9 Å². The minimum Gasteiger partial charge on any atom is -0.351 e. The zero-order valence-electron chi connectivity index (χ0n) is 10.2. The molecule has 0 radical (unpaired) electrons. The Morgan fingerprint density at radius 2 is 2.17 bits per heavy atom. The molecule has 1 aromatic rings. The molecule has 18 heavy (non-hydrogen) atoms. The average molecular weight is 288 g/mol. The Morgan fingerprint density at radius 1 is 1.44 bits per heavy atom. The van der Waals surface area contributed by atoms with Crippen molar-refractivity contribution in [1.82, 2.24) is 15.5 Å². The average Bonchev–Trinajstić information content (AvgIpc) is 3.10. The first-order valence-corrected chi connectivity index (χ1v) is 6.79. The first-order chi connectivity index (χ1) is 8.56. The van der Waals surface area contributed by atoms with Crippen LogP contribution in [0.25, 0.3) is 0 Å². The van der Waals surface area contributed by atoms with E-state index in [2.05, 4.69) is 22.4 Å². The molecule has 98 valence electrons. The van der Waals surface area contributed by atoms with Crippen LogP contribution in [0.1, 0.15) is 43.0 Å². The second kappa shape index (κ2) is 5.41. The number of nitrogens with zero attached hydrogens (tertiary/aromatic N) is 2. The van der Waals surface area contributed by atoms with Crippen molar-refractivity contribution in [2.24, 2.45) is 5.41 Å². The Labute approximate surface area is 116 Å². The maximum atomic E-state index is 12.0. The van der Waals surface area contributed by atoms with E-state index < -0.39 is 0 Å². The van der Waals surface area contributed by atoms with Crippen LogP contribution in [-0.2, 0) is 0 Å². The molecule has 4 nitrogen and oxygen atoms in total. The van der Waals surface area contributed by atoms with Crippen LogP contribution >= 0.6 is 23.2 Å². The molecule has 1 aliphatic carbocycles. The summed E-state index contributed by atoms with van der Waals surface area (Å²) in [4.78, 5) is 12.0. The van der Waals surface area contributed by atoms with Gasteiger partial charge in [-0.3, -0.25) is 4.79 Å². The van der Waals surface area contributed by atoms with Crippen LogP contribution in [0.4, 0.5) is 0 Å². The van der Waals surface area contributed by atoms with Gasteiger partial charge in [-0.05, 0) is 30.7 Å². The predicted molar refractivity (Wildman–Crippen MR) is 71.0 cm³/mol. The van der Waals surface area contributed by atoms with Gasteiger partial charge in [-0.2, -0.15) is 0 Å². The lowest BCUT2D eigenvalue weighted by Gasteiger charge is -2.15. The highest BCUT2D eigenvalue weighted by atomic mass is 35.5. The Morgan fingerprint density at radius 3 is 2.78 bits per heavy atom. The fraction of sp³-hybridized carbons (Fsp3) is 0.583. The molecule has 1 aliphatic rings. The molecule has 0 spiro atoms. The van der Waals surface area contributed by atoms with Gasteiger partial charge in [0.25, 0.3) is 5.91 Å². The molecule has 0 saturated heterocycles. The standard InChI is InChI=1S/C12H15Cl2N3O/c1-2-3-12(4-5-12)7-15-11(18)8-6-9(13)16-17-10(8)14/h6H,2-5,7H2,1H3,(H,15,18). The molecule has 0 aliphatic heterocycles. The summed E-state index contributed by atoms with van der Waals surface area (Å²) < 4.78 is 0. The molecule has 0 aromatic carbocycles. The van der Waals surface area contributed by atoms with Gasteiger partial charge in [0.15, 0.2) is 10.3 Å². The molecule has 1 amide bonds. The summed E-state index contributed by atoms with van der Waals surface area (Å²) in [6.45, 7) is 2.85. The van der Waals surface area contributed by atoms with E-state index in [0.717, 1.165) is 12.8 Å². The van der Waals surface area contributed by atoms with Gasteiger partial charge in [0, 0.05) is 6.54 Å². The van der Waals surface area contributed by atoms with Crippen molar-refractivity contribution in [2.45, 2.75) is 32.6 Å². The first kappa shape index (κ1) is 13.6. The number of halogens is 2. The Kier molecular flexibility index (Phi) is 4.07. The van der Waals surface area contributed by atoms with E-state index in [9.17, 15) is 4.79 Å². The van der Waals surface area contributed by atoms with Gasteiger partial charge >= 0.3 is 0 Å². The van der Waals surface area contributed by atoms with E-state index in [4.69, 9.17) is 23.2 Å². The van der Waals surface area contributed by atoms with Crippen LogP contribution in [0, 0.1) is 5.41 Å². The molecule has 0 bridgehead atoms. The second-order valence-electron chi connectivity index (χ2n) is 4.80. The van der Waals surface area contributed by atoms with Crippen molar-refractivity contribution in [1.29, 1.82) is 0 Å². The van der Waals surface area contributed by atoms with Crippen LogP contribution in [0.5, 0.6) is 0 Å². The highest BCUT2D eigenvalue weighted by Crippen LogP contribution is 2.48. The van der Waals surface area contributed by atoms with Gasteiger partial charge in [0.1, 0.15) is 0 Å². The first-order valence-electron chi connectivity index (χ1n) is 6.03. The minimum absolute atomic E-state index is 0.0808. The molecular weight excluding hydrogens is 273 g/mol. The van der Waals surface area contributed by atoms with Crippen LogP contribution < -0.4 is 5.32 Å². The molecule has 1 heterocycles. The summed E-state index contributed by atoms with van der Waals surface area (Å²) in [7, 11) is 0. The van der Waals surface area contributed by atoms with Crippen molar-refractivity contribution in [3.63, 3.8) is 0 Å². The minimum atomic E-state index is -0.237. The number of rotatable bonds is 5. The van der Waals surface area contributed by atoms with Crippen molar-refractivity contribution >= 4 is 29.1 Å². The normalized spacial score (nSPS) is 16.4. The summed E-state index contributed by atoms with van der Waals surface area (Å²) in [5.74, 6) is -0.237. The van der Waals surface area contributed by atoms with E-state index in [0.29, 0.717) is 12.0 Å². The maximum Gasteiger partial charge on any atom is 0.254 e. The van der Waals surface area contributed by atoms with Crippen LogP contribution in [0.15, 0.2) is 6.07 Å². The third kappa shape index (κ3) is 3.12. The molecule has 2 rings (SSSR count). The van der Waals surface area contributed by atoms with Crippen molar-refractivity contribution < 1.29 is 4.79 Å². The number of nitrogens with one attached hydrogen (secondary N) is 1. The largest absolute Gasteiger partial charge is 0.351 e. The summed E-state index contributed by atoms with van der Waals surface area (Å²) in [6, 6.07) is 1.44. The zero-order valence-corrected chi connectivity index (χ0v) is 11.7. The van der Waals surface area contributed by atoms with E-state index in [1.165, 1.54) is 18.9 Å². The van der Waals surface area contributed by atoms with Crippen LogP contribution in [-0.4, -0.2) is 22.6 Å². The van der Waals surface area contributed by atoms with Gasteiger partial charge in [0.05, 0.1) is 5.56 Å². The smallest absolute Gasteiger partial charge is 0.254 e. The highest BCUT2D eigenvalue weighted by Gasteiger charge is 2.41. The quantitative estimate of drug-likeness (QED) is 0.905. The highest BCUT2D eigenvalue weighted by molar-refractivity contribution is 6.34. The number of hydrogen-bond donors (Lipinski definition) is 1. The number of amides is 1. The van der Waals surface area contributed by atoms with Crippen molar-refractivity contribution in [2.75, 3.05) is 6.54 Å². The lowest BCUT2D eigenvalue weighted by Crippen LogP contribution is -2.30. The molecule has 1 fully saturated rings. The molecule has 6 heteroatoms. The lowest BCUT2D eigenvalue weighted by molar-refractivity contribution is 0.0943. The molecule has 0 atom stereocenters.